The van der Waals surface area contributed by atoms with E-state index in [0.29, 0.717) is 21.5 Å². The Morgan fingerprint density at radius 1 is 1.13 bits per heavy atom. The summed E-state index contributed by atoms with van der Waals surface area (Å²) >= 11 is 13.1. The second-order valence-corrected chi connectivity index (χ2v) is 14.8. The van der Waals surface area contributed by atoms with Crippen LogP contribution in [-0.2, 0) is 15.1 Å². The van der Waals surface area contributed by atoms with Crippen molar-refractivity contribution in [3.05, 3.63) is 94.1 Å². The summed E-state index contributed by atoms with van der Waals surface area (Å²) in [6.45, 7) is 2.06. The fraction of sp³-hybridized carbons (Fsp3) is 0.333. The summed E-state index contributed by atoms with van der Waals surface area (Å²) in [5.74, 6) is -2.13. The predicted octanol–water partition coefficient (Wildman–Crippen LogP) is 8.18. The van der Waals surface area contributed by atoms with Crippen molar-refractivity contribution in [2.24, 2.45) is 10.4 Å². The number of nitrogens with zero attached hydrogens (tertiary/aromatic N) is 5. The maximum atomic E-state index is 16.4. The number of amides is 3. The molecule has 2 atom stereocenters. The van der Waals surface area contributed by atoms with Crippen molar-refractivity contribution in [2.75, 3.05) is 6.61 Å². The van der Waals surface area contributed by atoms with E-state index in [1.807, 2.05) is 20.8 Å². The van der Waals surface area contributed by atoms with E-state index in [1.165, 1.54) is 24.4 Å². The summed E-state index contributed by atoms with van der Waals surface area (Å²) in [5, 5.41) is 19.7. The van der Waals surface area contributed by atoms with E-state index in [0.717, 1.165) is 36.2 Å². The first kappa shape index (κ1) is 37.6. The first-order chi connectivity index (χ1) is 25.1. The molecule has 53 heavy (non-hydrogen) atoms. The van der Waals surface area contributed by atoms with Gasteiger partial charge >= 0.3 is 18.7 Å². The maximum Gasteiger partial charge on any atom is 0.434 e. The average molecular weight is 773 g/mol. The molecule has 0 unspecified atom stereocenters. The van der Waals surface area contributed by atoms with Crippen LogP contribution in [0.25, 0.3) is 22.4 Å². The molecule has 1 aliphatic carbocycles. The van der Waals surface area contributed by atoms with Gasteiger partial charge in [0, 0.05) is 35.1 Å². The Labute approximate surface area is 312 Å². The Morgan fingerprint density at radius 3 is 2.51 bits per heavy atom. The van der Waals surface area contributed by atoms with E-state index in [9.17, 15) is 23.5 Å². The van der Waals surface area contributed by atoms with Crippen molar-refractivity contribution in [3.63, 3.8) is 0 Å². The van der Waals surface area contributed by atoms with Crippen LogP contribution >= 0.6 is 23.2 Å². The highest BCUT2D eigenvalue weighted by molar-refractivity contribution is 6.36. The topological polar surface area (TPSA) is 151 Å². The molecule has 3 heterocycles. The lowest BCUT2D eigenvalue weighted by Crippen LogP contribution is -2.48. The van der Waals surface area contributed by atoms with Crippen molar-refractivity contribution >= 4 is 47.3 Å². The molecule has 12 nitrogen and oxygen atoms in total. The number of carbonyl (C=O) groups is 3. The molecule has 0 radical (unpaired) electrons. The monoisotopic (exact) mass is 771 g/mol. The Balaban J connectivity index is 1.49. The molecule has 3 N–H and O–H groups in total. The minimum atomic E-state index is -2.91. The standard InChI is InChI=1S/C36H34Cl2F3N7O5/c1-35(2,3)18-36(24-10-6-19(14-27(24)39)21-15-43-47(16-21)31(40)41)30(49)48(32(46-36)45-33(50)51)28(17-53-34(52)44-22-8-9-22)20-7-11-25(37)23(13-20)29-26(38)5-4-12-42-29/h4-7,10-16,22,28,31H,8-9,17-18H2,1-3H3,(H,44,52)(H,45,46)(H,50,51)/t28-,36-/m1/s1. The number of benzene rings is 2. The Hall–Kier alpha value is -5.15. The zero-order valence-electron chi connectivity index (χ0n) is 28.6. The maximum absolute atomic E-state index is 16.4. The van der Waals surface area contributed by atoms with E-state index < -0.39 is 60.0 Å². The van der Waals surface area contributed by atoms with Crippen molar-refractivity contribution in [3.8, 4) is 22.4 Å². The number of alkyl carbamates (subject to hydrolysis) is 1. The molecule has 17 heteroatoms. The summed E-state index contributed by atoms with van der Waals surface area (Å²) < 4.78 is 48.9. The SMILES string of the molecule is CC(C)(C)C[C@]1(c2ccc(-c3cnn(C(F)F)c3)cc2F)N/C(=N\C(=O)O)N([C@H](COC(=O)NC2CC2)c2ccc(Cl)c(-c3ncccc3Cl)c2)C1=O. The number of halogens is 5. The molecular weight excluding hydrogens is 738 g/mol. The van der Waals surface area contributed by atoms with Crippen LogP contribution in [0.1, 0.15) is 63.8 Å². The van der Waals surface area contributed by atoms with Gasteiger partial charge in [-0.1, -0.05) is 62.2 Å². The quantitative estimate of drug-likeness (QED) is 0.146. The minimum absolute atomic E-state index is 0.0521. The van der Waals surface area contributed by atoms with E-state index in [1.54, 1.807) is 24.3 Å². The van der Waals surface area contributed by atoms with E-state index >= 15 is 9.18 Å². The second-order valence-electron chi connectivity index (χ2n) is 13.9. The second kappa shape index (κ2) is 14.7. The lowest BCUT2D eigenvalue weighted by molar-refractivity contribution is -0.135. The number of hydrogen-bond acceptors (Lipinski definition) is 6. The zero-order chi connectivity index (χ0) is 38.2. The number of hydrogen-bond donors (Lipinski definition) is 3. The zero-order valence-corrected chi connectivity index (χ0v) is 30.1. The number of carboxylic acid groups (broad SMARTS) is 1. The van der Waals surface area contributed by atoms with Crippen LogP contribution in [0.4, 0.5) is 22.8 Å². The van der Waals surface area contributed by atoms with Crippen LogP contribution in [-0.4, -0.2) is 61.5 Å². The molecule has 2 aromatic carbocycles. The number of pyridine rings is 1. The number of nitrogens with one attached hydrogen (secondary N) is 2. The van der Waals surface area contributed by atoms with Crippen molar-refractivity contribution in [1.82, 2.24) is 30.3 Å². The molecule has 2 fully saturated rings. The van der Waals surface area contributed by atoms with Crippen LogP contribution < -0.4 is 10.6 Å². The van der Waals surface area contributed by atoms with Gasteiger partial charge in [-0.05, 0) is 66.1 Å². The van der Waals surface area contributed by atoms with Gasteiger partial charge in [-0.2, -0.15) is 13.9 Å². The number of ether oxygens (including phenoxy) is 1. The van der Waals surface area contributed by atoms with E-state index in [-0.39, 0.29) is 39.2 Å². The average Bonchev–Trinajstić information content (AvgIpc) is 3.67. The Bertz CT molecular complexity index is 2100. The van der Waals surface area contributed by atoms with E-state index in [4.69, 9.17) is 27.9 Å². The Morgan fingerprint density at radius 2 is 1.89 bits per heavy atom. The Kier molecular flexibility index (Phi) is 10.4. The van der Waals surface area contributed by atoms with Crippen LogP contribution in [0.15, 0.2) is 72.1 Å². The first-order valence-corrected chi connectivity index (χ1v) is 17.2. The fourth-order valence-corrected chi connectivity index (χ4v) is 6.75. The summed E-state index contributed by atoms with van der Waals surface area (Å²) in [6, 6.07) is 10.5. The summed E-state index contributed by atoms with van der Waals surface area (Å²) in [4.78, 5) is 49.2. The highest BCUT2D eigenvalue weighted by Gasteiger charge is 2.56. The van der Waals surface area contributed by atoms with Crippen LogP contribution in [0, 0.1) is 11.2 Å². The fourth-order valence-electron chi connectivity index (χ4n) is 6.32. The van der Waals surface area contributed by atoms with Gasteiger partial charge in [0.1, 0.15) is 18.0 Å². The van der Waals surface area contributed by atoms with Crippen molar-refractivity contribution in [1.29, 1.82) is 0 Å². The van der Waals surface area contributed by atoms with Crippen molar-refractivity contribution < 1.29 is 37.4 Å². The van der Waals surface area contributed by atoms with Gasteiger partial charge in [-0.25, -0.2) is 18.7 Å². The smallest absolute Gasteiger partial charge is 0.434 e. The molecule has 6 rings (SSSR count). The number of guanidine groups is 1. The lowest BCUT2D eigenvalue weighted by Gasteiger charge is -2.35. The van der Waals surface area contributed by atoms with Gasteiger partial charge < -0.3 is 20.5 Å². The molecule has 2 aliphatic rings. The molecule has 2 aromatic heterocycles. The molecule has 278 valence electrons. The number of aromatic nitrogens is 3. The summed E-state index contributed by atoms with van der Waals surface area (Å²) in [7, 11) is 0. The van der Waals surface area contributed by atoms with E-state index in [2.05, 4.69) is 25.7 Å². The van der Waals surface area contributed by atoms with Gasteiger partial charge in [0.2, 0.25) is 5.96 Å². The molecular formula is C36H34Cl2F3N7O5. The third kappa shape index (κ3) is 8.10. The molecule has 3 amide bonds. The largest absolute Gasteiger partial charge is 0.463 e. The first-order valence-electron chi connectivity index (χ1n) is 16.5. The minimum Gasteiger partial charge on any atom is -0.463 e. The number of rotatable bonds is 10. The van der Waals surface area contributed by atoms with Gasteiger partial charge in [-0.3, -0.25) is 14.7 Å². The number of carbonyl (C=O) groups excluding carboxylic acids is 2. The number of aliphatic imine (C=N–C) groups is 1. The van der Waals surface area contributed by atoms with Gasteiger partial charge in [0.25, 0.3) is 5.91 Å². The van der Waals surface area contributed by atoms with Gasteiger partial charge in [0.15, 0.2) is 0 Å². The molecule has 1 saturated carbocycles. The third-order valence-electron chi connectivity index (χ3n) is 8.67. The molecule has 1 aliphatic heterocycles. The molecule has 4 aromatic rings. The molecule has 1 saturated heterocycles. The van der Waals surface area contributed by atoms with Crippen molar-refractivity contribution in [2.45, 2.75) is 64.2 Å². The van der Waals surface area contributed by atoms with Gasteiger partial charge in [0.05, 0.1) is 28.0 Å². The highest BCUT2D eigenvalue weighted by atomic mass is 35.5. The molecule has 0 spiro atoms. The van der Waals surface area contributed by atoms with Crippen LogP contribution in [0.2, 0.25) is 10.0 Å². The summed E-state index contributed by atoms with van der Waals surface area (Å²) in [6.07, 6.45) is 2.81. The normalized spacial score (nSPS) is 18.7. The lowest BCUT2D eigenvalue weighted by atomic mass is 9.75. The highest BCUT2D eigenvalue weighted by Crippen LogP contribution is 2.44. The number of alkyl halides is 2. The van der Waals surface area contributed by atoms with Crippen LogP contribution in [0.3, 0.4) is 0 Å². The molecule has 0 bridgehead atoms. The summed E-state index contributed by atoms with van der Waals surface area (Å²) in [5.41, 5.74) is -1.36. The third-order valence-corrected chi connectivity index (χ3v) is 9.30. The predicted molar refractivity (Wildman–Crippen MR) is 190 cm³/mol. The van der Waals surface area contributed by atoms with Crippen LogP contribution in [0.5, 0.6) is 0 Å². The van der Waals surface area contributed by atoms with Gasteiger partial charge in [-0.15, -0.1) is 4.99 Å².